The summed E-state index contributed by atoms with van der Waals surface area (Å²) in [5.74, 6) is 1.84. The van der Waals surface area contributed by atoms with Gasteiger partial charge in [0, 0.05) is 24.5 Å². The van der Waals surface area contributed by atoms with Gasteiger partial charge in [-0.15, -0.1) is 10.2 Å². The van der Waals surface area contributed by atoms with Crippen LogP contribution in [0.15, 0.2) is 48.8 Å². The lowest BCUT2D eigenvalue weighted by Gasteiger charge is -2.05. The molecule has 45 heavy (non-hydrogen) atoms. The van der Waals surface area contributed by atoms with Crippen LogP contribution in [-0.4, -0.2) is 66.9 Å². The van der Waals surface area contributed by atoms with Crippen molar-refractivity contribution in [2.75, 3.05) is 20.3 Å². The van der Waals surface area contributed by atoms with Crippen LogP contribution in [0.25, 0.3) is 11.6 Å². The average Bonchev–Trinajstić information content (AvgIpc) is 4.01. The first-order valence-electron chi connectivity index (χ1n) is 14.7. The summed E-state index contributed by atoms with van der Waals surface area (Å²) in [6.07, 6.45) is 11.4. The van der Waals surface area contributed by atoms with Crippen molar-refractivity contribution in [1.29, 1.82) is 0 Å². The molecule has 234 valence electrons. The van der Waals surface area contributed by atoms with Gasteiger partial charge in [-0.2, -0.15) is 0 Å². The van der Waals surface area contributed by atoms with Crippen molar-refractivity contribution in [2.45, 2.75) is 38.5 Å². The highest BCUT2D eigenvalue weighted by Gasteiger charge is 2.63. The quantitative estimate of drug-likeness (QED) is 0.168. The van der Waals surface area contributed by atoms with Crippen LogP contribution in [-0.2, 0) is 4.74 Å². The molecular formula is C31H30Cl2N6O6. The normalized spacial score (nSPS) is 20.6. The van der Waals surface area contributed by atoms with Gasteiger partial charge in [0.25, 0.3) is 0 Å². The minimum absolute atomic E-state index is 0.0301. The lowest BCUT2D eigenvalue weighted by atomic mass is 10.3. The number of esters is 1. The van der Waals surface area contributed by atoms with Crippen molar-refractivity contribution in [2.24, 2.45) is 22.7 Å². The van der Waals surface area contributed by atoms with Gasteiger partial charge in [-0.1, -0.05) is 23.2 Å². The molecule has 0 saturated heterocycles. The predicted octanol–water partition coefficient (Wildman–Crippen LogP) is 5.68. The van der Waals surface area contributed by atoms with Crippen LogP contribution in [0.5, 0.6) is 11.8 Å². The number of hydrogen-bond acceptors (Lipinski definition) is 9. The highest BCUT2D eigenvalue weighted by Crippen LogP contribution is 2.71. The van der Waals surface area contributed by atoms with Crippen molar-refractivity contribution in [3.63, 3.8) is 0 Å². The van der Waals surface area contributed by atoms with Gasteiger partial charge in [-0.25, -0.2) is 28.9 Å². The van der Waals surface area contributed by atoms with Crippen LogP contribution in [0.2, 0.25) is 10.3 Å². The van der Waals surface area contributed by atoms with Crippen molar-refractivity contribution < 1.29 is 28.9 Å². The van der Waals surface area contributed by atoms with E-state index in [-0.39, 0.29) is 21.4 Å². The maximum absolute atomic E-state index is 11.5. The highest BCUT2D eigenvalue weighted by atomic mass is 35.5. The van der Waals surface area contributed by atoms with Crippen molar-refractivity contribution >= 4 is 35.1 Å². The van der Waals surface area contributed by atoms with Gasteiger partial charge in [-0.05, 0) is 85.5 Å². The number of carbonyl (C=O) groups excluding carboxylic acids is 1. The fourth-order valence-corrected chi connectivity index (χ4v) is 6.26. The third kappa shape index (κ3) is 6.21. The molecule has 0 amide bonds. The molecule has 14 heteroatoms. The number of ether oxygens (including phenoxy) is 3. The summed E-state index contributed by atoms with van der Waals surface area (Å²) in [5, 5.41) is 17.6. The SMILES string of the molecule is COC(=O)c1ccc(-n2ccc(OCC3CC34CC4)n2)nc1Cl.O=C(O)c1ccc(-n2ccc(OCC3CC34CC4)n2)nc1Cl. The van der Waals surface area contributed by atoms with E-state index in [0.717, 1.165) is 6.61 Å². The van der Waals surface area contributed by atoms with Crippen molar-refractivity contribution in [3.05, 3.63) is 70.2 Å². The zero-order chi connectivity index (χ0) is 31.3. The largest absolute Gasteiger partial charge is 0.478 e. The third-order valence-corrected chi connectivity index (χ3v) is 9.85. The molecule has 4 aliphatic carbocycles. The Morgan fingerprint density at radius 2 is 1.27 bits per heavy atom. The number of carboxylic acid groups (broad SMARTS) is 1. The van der Waals surface area contributed by atoms with E-state index in [9.17, 15) is 9.59 Å². The number of aromatic nitrogens is 6. The molecule has 1 N–H and O–H groups in total. The van der Waals surface area contributed by atoms with Crippen molar-refractivity contribution in [1.82, 2.24) is 29.5 Å². The summed E-state index contributed by atoms with van der Waals surface area (Å²) in [7, 11) is 1.30. The van der Waals surface area contributed by atoms with Gasteiger partial charge < -0.3 is 19.3 Å². The van der Waals surface area contributed by atoms with E-state index >= 15 is 0 Å². The molecule has 0 aromatic carbocycles. The molecule has 4 saturated carbocycles. The topological polar surface area (TPSA) is 143 Å². The highest BCUT2D eigenvalue weighted by molar-refractivity contribution is 6.32. The van der Waals surface area contributed by atoms with Gasteiger partial charge in [0.1, 0.15) is 10.3 Å². The second-order valence-electron chi connectivity index (χ2n) is 12.2. The Morgan fingerprint density at radius 3 is 1.64 bits per heavy atom. The van der Waals surface area contributed by atoms with Gasteiger partial charge in [-0.3, -0.25) is 0 Å². The average molecular weight is 654 g/mol. The predicted molar refractivity (Wildman–Crippen MR) is 162 cm³/mol. The van der Waals surface area contributed by atoms with E-state index in [0.29, 0.717) is 52.7 Å². The number of hydrogen-bond donors (Lipinski definition) is 1. The standard InChI is InChI=1S/C16H16ClN3O3.C15H14ClN3O3/c1-22-15(21)11-2-3-12(18-14(11)17)20-7-4-13(19-20)23-9-10-8-16(10)5-6-16;16-13-10(14(20)21)1-2-11(17-13)19-6-3-12(18-19)22-8-9-7-15(9)4-5-15/h2-4,7,10H,5-6,8-9H2,1H3;1-3,6,9H,4-5,7-8H2,(H,20,21). The number of methoxy groups -OCH3 is 1. The monoisotopic (exact) mass is 652 g/mol. The van der Waals surface area contributed by atoms with Crippen molar-refractivity contribution in [3.8, 4) is 23.4 Å². The lowest BCUT2D eigenvalue weighted by molar-refractivity contribution is 0.0599. The van der Waals surface area contributed by atoms with E-state index in [1.54, 1.807) is 47.4 Å². The maximum atomic E-state index is 11.5. The smallest absolute Gasteiger partial charge is 0.341 e. The summed E-state index contributed by atoms with van der Waals surface area (Å²) >= 11 is 11.9. The first-order chi connectivity index (χ1) is 21.7. The van der Waals surface area contributed by atoms with Gasteiger partial charge in [0.15, 0.2) is 11.6 Å². The number of rotatable bonds is 10. The molecule has 0 bridgehead atoms. The minimum atomic E-state index is -1.10. The van der Waals surface area contributed by atoms with Crippen LogP contribution in [0.3, 0.4) is 0 Å². The van der Waals surface area contributed by atoms with E-state index in [1.807, 2.05) is 0 Å². The van der Waals surface area contributed by atoms with Crippen LogP contribution in [0.4, 0.5) is 0 Å². The number of carboxylic acids is 1. The Kier molecular flexibility index (Phi) is 7.44. The lowest BCUT2D eigenvalue weighted by Crippen LogP contribution is -2.06. The molecule has 2 atom stereocenters. The fourth-order valence-electron chi connectivity index (χ4n) is 5.80. The molecular weight excluding hydrogens is 623 g/mol. The number of nitrogens with zero attached hydrogens (tertiary/aromatic N) is 6. The fraction of sp³-hybridized carbons (Fsp3) is 0.419. The maximum Gasteiger partial charge on any atom is 0.341 e. The van der Waals surface area contributed by atoms with E-state index in [1.165, 1.54) is 56.4 Å². The second kappa shape index (κ2) is 11.3. The number of aromatic carboxylic acids is 1. The van der Waals surface area contributed by atoms with Crippen LogP contribution < -0.4 is 9.47 Å². The Hall–Kier alpha value is -4.16. The second-order valence-corrected chi connectivity index (χ2v) is 12.9. The number of carbonyl (C=O) groups is 2. The Bertz CT molecular complexity index is 1780. The molecule has 12 nitrogen and oxygen atoms in total. The summed E-state index contributed by atoms with van der Waals surface area (Å²) in [6.45, 7) is 1.44. The van der Waals surface area contributed by atoms with Gasteiger partial charge in [0.05, 0.1) is 31.5 Å². The number of halogens is 2. The molecule has 4 heterocycles. The molecule has 8 rings (SSSR count). The summed E-state index contributed by atoms with van der Waals surface area (Å²) < 4.78 is 19.2. The van der Waals surface area contributed by atoms with E-state index in [2.05, 4.69) is 24.9 Å². The zero-order valence-electron chi connectivity index (χ0n) is 24.4. The Morgan fingerprint density at radius 1 is 0.800 bits per heavy atom. The minimum Gasteiger partial charge on any atom is -0.478 e. The molecule has 0 aliphatic heterocycles. The Labute approximate surface area is 268 Å². The zero-order valence-corrected chi connectivity index (χ0v) is 25.9. The molecule has 4 fully saturated rings. The van der Waals surface area contributed by atoms with Crippen LogP contribution >= 0.6 is 23.2 Å². The molecule has 2 spiro atoms. The Balaban J connectivity index is 0.000000145. The van der Waals surface area contributed by atoms with E-state index in [4.69, 9.17) is 37.8 Å². The molecule has 4 aromatic heterocycles. The van der Waals surface area contributed by atoms with Crippen LogP contribution in [0, 0.1) is 22.7 Å². The molecule has 0 radical (unpaired) electrons. The summed E-state index contributed by atoms with van der Waals surface area (Å²) in [6, 6.07) is 9.77. The molecule has 4 aliphatic rings. The first kappa shape index (κ1) is 29.5. The summed E-state index contributed by atoms with van der Waals surface area (Å²) in [5.41, 5.74) is 1.44. The first-order valence-corrected chi connectivity index (χ1v) is 15.5. The number of pyridine rings is 2. The molecule has 4 aromatic rings. The summed E-state index contributed by atoms with van der Waals surface area (Å²) in [4.78, 5) is 30.7. The van der Waals surface area contributed by atoms with Gasteiger partial charge >= 0.3 is 11.9 Å². The third-order valence-electron chi connectivity index (χ3n) is 9.27. The molecule has 2 unspecified atom stereocenters. The van der Waals surface area contributed by atoms with Crippen LogP contribution in [0.1, 0.15) is 59.2 Å². The van der Waals surface area contributed by atoms with E-state index < -0.39 is 11.9 Å². The van der Waals surface area contributed by atoms with Gasteiger partial charge in [0.2, 0.25) is 11.8 Å².